The summed E-state index contributed by atoms with van der Waals surface area (Å²) < 4.78 is 0. The highest BCUT2D eigenvalue weighted by Gasteiger charge is 2.14. The summed E-state index contributed by atoms with van der Waals surface area (Å²) in [7, 11) is 0. The average Bonchev–Trinajstić information content (AvgIpc) is 3.05. The number of aromatic amines is 1. The van der Waals surface area contributed by atoms with E-state index in [2.05, 4.69) is 15.3 Å². The van der Waals surface area contributed by atoms with Gasteiger partial charge in [-0.1, -0.05) is 29.8 Å². The van der Waals surface area contributed by atoms with E-state index in [0.29, 0.717) is 12.1 Å². The molecule has 8 heteroatoms. The number of pyridine rings is 1. The van der Waals surface area contributed by atoms with Gasteiger partial charge in [0, 0.05) is 40.2 Å². The predicted molar refractivity (Wildman–Crippen MR) is 109 cm³/mol. The van der Waals surface area contributed by atoms with Crippen molar-refractivity contribution in [2.45, 2.75) is 12.8 Å². The monoisotopic (exact) mass is 394 g/mol. The van der Waals surface area contributed by atoms with Crippen molar-refractivity contribution in [2.24, 2.45) is 0 Å². The van der Waals surface area contributed by atoms with Crippen molar-refractivity contribution >= 4 is 50.7 Å². The molecule has 0 saturated heterocycles. The molecule has 4 aromatic rings. The number of fused-ring (bicyclic) bond motifs is 3. The van der Waals surface area contributed by atoms with Crippen LogP contribution in [0.3, 0.4) is 0 Å². The zero-order valence-corrected chi connectivity index (χ0v) is 15.4. The molecule has 0 radical (unpaired) electrons. The molecule has 2 heterocycles. The molecule has 2 aromatic carbocycles. The highest BCUT2D eigenvalue weighted by molar-refractivity contribution is 6.32. The number of carbonyl (C=O) groups is 1. The van der Waals surface area contributed by atoms with Gasteiger partial charge in [0.1, 0.15) is 5.02 Å². The van der Waals surface area contributed by atoms with Crippen LogP contribution in [0.2, 0.25) is 5.02 Å². The number of aromatic nitrogens is 2. The van der Waals surface area contributed by atoms with E-state index < -0.39 is 4.92 Å². The number of para-hydroxylation sites is 1. The number of hydrogen-bond acceptors (Lipinski definition) is 4. The van der Waals surface area contributed by atoms with E-state index in [1.165, 1.54) is 18.2 Å². The molecule has 2 aromatic heterocycles. The van der Waals surface area contributed by atoms with Crippen LogP contribution in [0.25, 0.3) is 21.8 Å². The summed E-state index contributed by atoms with van der Waals surface area (Å²) in [5.41, 5.74) is 2.88. The van der Waals surface area contributed by atoms with Gasteiger partial charge in [0.15, 0.2) is 0 Å². The van der Waals surface area contributed by atoms with E-state index in [-0.39, 0.29) is 23.0 Å². The topological polar surface area (TPSA) is 101 Å². The fourth-order valence-corrected chi connectivity index (χ4v) is 3.31. The van der Waals surface area contributed by atoms with Crippen LogP contribution in [0.5, 0.6) is 0 Å². The maximum atomic E-state index is 12.2. The number of carbonyl (C=O) groups excluding carboxylic acids is 1. The minimum absolute atomic E-state index is 0.0271. The Kier molecular flexibility index (Phi) is 4.67. The molecule has 0 aliphatic heterocycles. The van der Waals surface area contributed by atoms with Crippen LogP contribution in [-0.2, 0) is 11.2 Å². The van der Waals surface area contributed by atoms with Crippen LogP contribution in [-0.4, -0.2) is 20.8 Å². The normalized spacial score (nSPS) is 11.0. The van der Waals surface area contributed by atoms with E-state index >= 15 is 0 Å². The third-order valence-electron chi connectivity index (χ3n) is 4.48. The Morgan fingerprint density at radius 2 is 1.96 bits per heavy atom. The van der Waals surface area contributed by atoms with Crippen LogP contribution < -0.4 is 5.32 Å². The highest BCUT2D eigenvalue weighted by Crippen LogP contribution is 2.28. The van der Waals surface area contributed by atoms with Crippen molar-refractivity contribution < 1.29 is 9.72 Å². The third-order valence-corrected chi connectivity index (χ3v) is 4.80. The summed E-state index contributed by atoms with van der Waals surface area (Å²) in [4.78, 5) is 30.3. The van der Waals surface area contributed by atoms with Gasteiger partial charge in [0.05, 0.1) is 16.6 Å². The Morgan fingerprint density at radius 1 is 1.14 bits per heavy atom. The number of nitro groups is 1. The van der Waals surface area contributed by atoms with Crippen molar-refractivity contribution in [3.8, 4) is 0 Å². The maximum absolute atomic E-state index is 12.2. The van der Waals surface area contributed by atoms with E-state index in [9.17, 15) is 14.9 Å². The number of amides is 1. The number of H-pyrrole nitrogens is 1. The summed E-state index contributed by atoms with van der Waals surface area (Å²) in [6.45, 7) is 0. The van der Waals surface area contributed by atoms with Gasteiger partial charge >= 0.3 is 0 Å². The highest BCUT2D eigenvalue weighted by atomic mass is 35.5. The van der Waals surface area contributed by atoms with E-state index in [4.69, 9.17) is 11.6 Å². The third kappa shape index (κ3) is 3.52. The minimum atomic E-state index is -0.585. The number of rotatable bonds is 5. The van der Waals surface area contributed by atoms with Crippen molar-refractivity contribution in [2.75, 3.05) is 5.32 Å². The van der Waals surface area contributed by atoms with Gasteiger partial charge in [-0.3, -0.25) is 19.9 Å². The molecule has 0 aliphatic carbocycles. The zero-order chi connectivity index (χ0) is 19.7. The largest absolute Gasteiger partial charge is 0.353 e. The number of benzene rings is 2. The number of nitrogens with zero attached hydrogens (tertiary/aromatic N) is 2. The quantitative estimate of drug-likeness (QED) is 0.373. The van der Waals surface area contributed by atoms with Crippen molar-refractivity contribution in [1.29, 1.82) is 0 Å². The number of anilines is 1. The SMILES string of the molecule is O=C(CCc1cc2c(cn1)[nH]c1ccccc12)Nc1ccc(Cl)c([N+](=O)[O-])c1. The molecule has 140 valence electrons. The number of hydrogen-bond donors (Lipinski definition) is 2. The van der Waals surface area contributed by atoms with E-state index in [0.717, 1.165) is 27.5 Å². The van der Waals surface area contributed by atoms with Gasteiger partial charge in [-0.25, -0.2) is 0 Å². The van der Waals surface area contributed by atoms with Crippen LogP contribution in [0.15, 0.2) is 54.7 Å². The molecule has 0 fully saturated rings. The number of halogens is 1. The molecule has 4 rings (SSSR count). The van der Waals surface area contributed by atoms with Crippen LogP contribution >= 0.6 is 11.6 Å². The Balaban J connectivity index is 1.47. The second kappa shape index (κ2) is 7.28. The summed E-state index contributed by atoms with van der Waals surface area (Å²) in [6.07, 6.45) is 2.43. The number of nitro benzene ring substituents is 1. The lowest BCUT2D eigenvalue weighted by molar-refractivity contribution is -0.384. The minimum Gasteiger partial charge on any atom is -0.353 e. The maximum Gasteiger partial charge on any atom is 0.289 e. The zero-order valence-electron chi connectivity index (χ0n) is 14.6. The van der Waals surface area contributed by atoms with E-state index in [1.807, 2.05) is 30.3 Å². The first-order valence-electron chi connectivity index (χ1n) is 8.60. The van der Waals surface area contributed by atoms with Crippen molar-refractivity contribution in [3.63, 3.8) is 0 Å². The fraction of sp³-hybridized carbons (Fsp3) is 0.100. The molecule has 0 unspecified atom stereocenters. The molecular formula is C20H15ClN4O3. The molecular weight excluding hydrogens is 380 g/mol. The van der Waals surface area contributed by atoms with Gasteiger partial charge in [-0.15, -0.1) is 0 Å². The second-order valence-electron chi connectivity index (χ2n) is 6.36. The lowest BCUT2D eigenvalue weighted by Crippen LogP contribution is -2.12. The first-order valence-corrected chi connectivity index (χ1v) is 8.98. The number of aryl methyl sites for hydroxylation is 1. The van der Waals surface area contributed by atoms with Crippen LogP contribution in [0.4, 0.5) is 11.4 Å². The lowest BCUT2D eigenvalue weighted by atomic mass is 10.1. The summed E-state index contributed by atoms with van der Waals surface area (Å²) >= 11 is 5.78. The first-order chi connectivity index (χ1) is 13.5. The molecule has 0 spiro atoms. The first kappa shape index (κ1) is 17.9. The van der Waals surface area contributed by atoms with Gasteiger partial charge in [0.2, 0.25) is 5.91 Å². The Morgan fingerprint density at radius 3 is 2.79 bits per heavy atom. The van der Waals surface area contributed by atoms with Gasteiger partial charge < -0.3 is 10.3 Å². The van der Waals surface area contributed by atoms with Crippen LogP contribution in [0, 0.1) is 10.1 Å². The summed E-state index contributed by atoms with van der Waals surface area (Å²) in [5, 5.41) is 15.8. The van der Waals surface area contributed by atoms with Gasteiger partial charge in [0.25, 0.3) is 5.69 Å². The van der Waals surface area contributed by atoms with Crippen molar-refractivity contribution in [3.05, 3.63) is 75.6 Å². The molecule has 28 heavy (non-hydrogen) atoms. The Labute approximate surface area is 164 Å². The van der Waals surface area contributed by atoms with Gasteiger partial charge in [-0.05, 0) is 30.7 Å². The summed E-state index contributed by atoms with van der Waals surface area (Å²) in [5.74, 6) is -0.252. The smallest absolute Gasteiger partial charge is 0.289 e. The Hall–Kier alpha value is -3.45. The van der Waals surface area contributed by atoms with Crippen molar-refractivity contribution in [1.82, 2.24) is 9.97 Å². The van der Waals surface area contributed by atoms with Crippen LogP contribution in [0.1, 0.15) is 12.1 Å². The molecule has 2 N–H and O–H groups in total. The fourth-order valence-electron chi connectivity index (χ4n) is 3.13. The standard InChI is InChI=1S/C20H15ClN4O3/c21-16-7-5-13(10-19(16)25(27)28)23-20(26)8-6-12-9-15-14-3-1-2-4-17(14)24-18(15)11-22-12/h1-5,7,9-11,24H,6,8H2,(H,23,26). The van der Waals surface area contributed by atoms with Gasteiger partial charge in [-0.2, -0.15) is 0 Å². The molecule has 1 amide bonds. The molecule has 0 bridgehead atoms. The average molecular weight is 395 g/mol. The van der Waals surface area contributed by atoms with E-state index in [1.54, 1.807) is 6.20 Å². The molecule has 0 atom stereocenters. The second-order valence-corrected chi connectivity index (χ2v) is 6.77. The summed E-state index contributed by atoms with van der Waals surface area (Å²) in [6, 6.07) is 14.1. The lowest BCUT2D eigenvalue weighted by Gasteiger charge is -2.06. The molecule has 0 saturated carbocycles. The molecule has 7 nitrogen and oxygen atoms in total. The molecule has 0 aliphatic rings. The predicted octanol–water partition coefficient (Wildman–Crippen LogP) is 4.85. The Bertz CT molecular complexity index is 1220. The number of nitrogens with one attached hydrogen (secondary N) is 2.